The highest BCUT2D eigenvalue weighted by atomic mass is 16.6. The van der Waals surface area contributed by atoms with Gasteiger partial charge in [0, 0.05) is 25.4 Å². The van der Waals surface area contributed by atoms with Crippen LogP contribution >= 0.6 is 0 Å². The molecule has 2 atom stereocenters. The van der Waals surface area contributed by atoms with Gasteiger partial charge in [0.15, 0.2) is 0 Å². The summed E-state index contributed by atoms with van der Waals surface area (Å²) in [6, 6.07) is 0.552. The second-order valence-electron chi connectivity index (χ2n) is 4.13. The molecule has 2 heterocycles. The molecule has 0 aromatic heterocycles. The zero-order chi connectivity index (χ0) is 10.8. The van der Waals surface area contributed by atoms with E-state index in [2.05, 4.69) is 18.9 Å². The quantitative estimate of drug-likeness (QED) is 0.557. The number of hydrogen-bond donors (Lipinski definition) is 0. The number of carbonyl (C=O) groups is 1. The van der Waals surface area contributed by atoms with E-state index in [1.165, 1.54) is 0 Å². The Labute approximate surface area is 86.4 Å². The van der Waals surface area contributed by atoms with Crippen molar-refractivity contribution in [2.45, 2.75) is 51.7 Å². The van der Waals surface area contributed by atoms with E-state index in [0.29, 0.717) is 12.5 Å². The number of likely N-dealkylation sites (N-methyl/N-ethyl adjacent to an activating group) is 1. The van der Waals surface area contributed by atoms with Crippen LogP contribution < -0.4 is 0 Å². The molecular formula is C11H21NO2. The van der Waals surface area contributed by atoms with E-state index < -0.39 is 0 Å². The predicted octanol–water partition coefficient (Wildman–Crippen LogP) is 1.81. The predicted molar refractivity (Wildman–Crippen MR) is 56.1 cm³/mol. The molecule has 0 amide bonds. The molecule has 0 aromatic carbocycles. The summed E-state index contributed by atoms with van der Waals surface area (Å²) in [6.45, 7) is 7.10. The summed E-state index contributed by atoms with van der Waals surface area (Å²) in [4.78, 5) is 13.2. The lowest BCUT2D eigenvalue weighted by Gasteiger charge is -2.20. The Bertz CT molecular complexity index is 205. The summed E-state index contributed by atoms with van der Waals surface area (Å²) < 4.78 is 5.37. The second-order valence-corrected chi connectivity index (χ2v) is 4.13. The van der Waals surface area contributed by atoms with Gasteiger partial charge in [-0.05, 0) is 20.4 Å². The number of likely N-dealkylation sites (tertiary alicyclic amines) is 1. The Morgan fingerprint density at radius 3 is 2.50 bits per heavy atom. The normalized spacial score (nSPS) is 36.9. The van der Waals surface area contributed by atoms with Crippen molar-refractivity contribution in [2.75, 3.05) is 13.6 Å². The van der Waals surface area contributed by atoms with Crippen LogP contribution in [0.15, 0.2) is 0 Å². The summed E-state index contributed by atoms with van der Waals surface area (Å²) in [5, 5.41) is 0. The van der Waals surface area contributed by atoms with Crippen LogP contribution in [0.4, 0.5) is 0 Å². The van der Waals surface area contributed by atoms with E-state index >= 15 is 0 Å². The Kier molecular flexibility index (Phi) is 3.53. The molecular weight excluding hydrogens is 178 g/mol. The van der Waals surface area contributed by atoms with Crippen molar-refractivity contribution in [2.24, 2.45) is 0 Å². The Morgan fingerprint density at radius 1 is 1.50 bits per heavy atom. The molecule has 2 aliphatic rings. The van der Waals surface area contributed by atoms with E-state index in [0.717, 1.165) is 19.4 Å². The zero-order valence-electron chi connectivity index (χ0n) is 9.67. The topological polar surface area (TPSA) is 29.5 Å². The number of hydrogen-bond acceptors (Lipinski definition) is 3. The number of nitrogens with zero attached hydrogens (tertiary/aromatic N) is 1. The largest absolute Gasteiger partial charge is 0.458 e. The van der Waals surface area contributed by atoms with E-state index in [9.17, 15) is 4.79 Å². The molecule has 2 rings (SSSR count). The van der Waals surface area contributed by atoms with Crippen molar-refractivity contribution in [1.82, 2.24) is 4.90 Å². The molecule has 2 saturated heterocycles. The minimum Gasteiger partial charge on any atom is -0.458 e. The number of carbonyl (C=O) groups excluding carboxylic acids is 1. The van der Waals surface area contributed by atoms with Crippen molar-refractivity contribution < 1.29 is 9.53 Å². The highest BCUT2D eigenvalue weighted by Crippen LogP contribution is 2.37. The van der Waals surface area contributed by atoms with Gasteiger partial charge >= 0.3 is 5.97 Å². The van der Waals surface area contributed by atoms with E-state index in [-0.39, 0.29) is 11.6 Å². The van der Waals surface area contributed by atoms with Gasteiger partial charge in [0.2, 0.25) is 0 Å². The third-order valence-corrected chi connectivity index (χ3v) is 3.07. The van der Waals surface area contributed by atoms with Gasteiger partial charge in [0.25, 0.3) is 0 Å². The van der Waals surface area contributed by atoms with Crippen LogP contribution in [-0.4, -0.2) is 36.1 Å². The molecule has 2 unspecified atom stereocenters. The third kappa shape index (κ3) is 2.08. The second kappa shape index (κ2) is 4.30. The molecule has 3 nitrogen and oxygen atoms in total. The summed E-state index contributed by atoms with van der Waals surface area (Å²) in [5.74, 6) is -0.0162. The molecule has 0 N–H and O–H groups in total. The highest BCUT2D eigenvalue weighted by molar-refractivity contribution is 5.72. The first-order valence-corrected chi connectivity index (χ1v) is 5.53. The summed E-state index contributed by atoms with van der Waals surface area (Å²) in [5.41, 5.74) is -0.120. The maximum absolute atomic E-state index is 11.0. The average molecular weight is 199 g/mol. The fourth-order valence-corrected chi connectivity index (χ4v) is 2.30. The maximum Gasteiger partial charge on any atom is 0.306 e. The fraction of sp³-hybridized carbons (Fsp3) is 0.909. The van der Waals surface area contributed by atoms with Gasteiger partial charge in [-0.1, -0.05) is 13.8 Å². The molecule has 2 fully saturated rings. The van der Waals surface area contributed by atoms with Crippen LogP contribution in [0.3, 0.4) is 0 Å². The van der Waals surface area contributed by atoms with Crippen molar-refractivity contribution in [3.05, 3.63) is 0 Å². The van der Waals surface area contributed by atoms with Gasteiger partial charge < -0.3 is 4.74 Å². The minimum absolute atomic E-state index is 0.0162. The standard InChI is InChI=1S/C9H15NO2.C2H6/c1-7-5-9(6-10(7)2)4-3-8(11)12-9;1-2/h7H,3-6H2,1-2H3;1-2H3. The Balaban J connectivity index is 0.000000461. The van der Waals surface area contributed by atoms with Crippen molar-refractivity contribution in [3.63, 3.8) is 0 Å². The van der Waals surface area contributed by atoms with E-state index in [4.69, 9.17) is 4.74 Å². The maximum atomic E-state index is 11.0. The lowest BCUT2D eigenvalue weighted by Crippen LogP contribution is -2.31. The Morgan fingerprint density at radius 2 is 2.14 bits per heavy atom. The smallest absolute Gasteiger partial charge is 0.306 e. The molecule has 82 valence electrons. The van der Waals surface area contributed by atoms with Crippen LogP contribution in [0.25, 0.3) is 0 Å². The van der Waals surface area contributed by atoms with Gasteiger partial charge in [0.1, 0.15) is 5.60 Å². The summed E-state index contributed by atoms with van der Waals surface area (Å²) in [6.07, 6.45) is 2.54. The molecule has 0 bridgehead atoms. The molecule has 1 spiro atoms. The van der Waals surface area contributed by atoms with E-state index in [1.54, 1.807) is 0 Å². The van der Waals surface area contributed by atoms with Gasteiger partial charge in [-0.3, -0.25) is 9.69 Å². The minimum atomic E-state index is -0.120. The molecule has 14 heavy (non-hydrogen) atoms. The monoisotopic (exact) mass is 199 g/mol. The first-order chi connectivity index (χ1) is 6.61. The highest BCUT2D eigenvalue weighted by Gasteiger charge is 2.47. The van der Waals surface area contributed by atoms with Gasteiger partial charge in [-0.2, -0.15) is 0 Å². The number of rotatable bonds is 0. The van der Waals surface area contributed by atoms with Gasteiger partial charge in [-0.15, -0.1) is 0 Å². The first kappa shape index (κ1) is 11.5. The number of esters is 1. The van der Waals surface area contributed by atoms with Crippen LogP contribution in [-0.2, 0) is 9.53 Å². The Hall–Kier alpha value is -0.570. The molecule has 0 aliphatic carbocycles. The van der Waals surface area contributed by atoms with Gasteiger partial charge in [-0.25, -0.2) is 0 Å². The molecule has 2 aliphatic heterocycles. The fourth-order valence-electron chi connectivity index (χ4n) is 2.30. The lowest BCUT2D eigenvalue weighted by molar-refractivity contribution is -0.147. The van der Waals surface area contributed by atoms with Crippen LogP contribution in [0.2, 0.25) is 0 Å². The first-order valence-electron chi connectivity index (χ1n) is 5.53. The summed E-state index contributed by atoms with van der Waals surface area (Å²) in [7, 11) is 2.09. The average Bonchev–Trinajstić information content (AvgIpc) is 2.62. The summed E-state index contributed by atoms with van der Waals surface area (Å²) >= 11 is 0. The van der Waals surface area contributed by atoms with Crippen molar-refractivity contribution in [3.8, 4) is 0 Å². The SMILES string of the molecule is CC.CC1CC2(CCC(=O)O2)CN1C. The zero-order valence-corrected chi connectivity index (χ0v) is 9.67. The molecule has 0 aromatic rings. The van der Waals surface area contributed by atoms with Crippen LogP contribution in [0.1, 0.15) is 40.0 Å². The molecule has 0 radical (unpaired) electrons. The van der Waals surface area contributed by atoms with Crippen molar-refractivity contribution in [1.29, 1.82) is 0 Å². The number of ether oxygens (including phenoxy) is 1. The van der Waals surface area contributed by atoms with Crippen LogP contribution in [0, 0.1) is 0 Å². The van der Waals surface area contributed by atoms with Crippen LogP contribution in [0.5, 0.6) is 0 Å². The molecule has 0 saturated carbocycles. The van der Waals surface area contributed by atoms with Crippen molar-refractivity contribution >= 4 is 5.97 Å². The van der Waals surface area contributed by atoms with E-state index in [1.807, 2.05) is 13.8 Å². The third-order valence-electron chi connectivity index (χ3n) is 3.07. The molecule has 3 heteroatoms. The lowest BCUT2D eigenvalue weighted by atomic mass is 9.97. The van der Waals surface area contributed by atoms with Gasteiger partial charge in [0.05, 0.1) is 0 Å².